The highest BCUT2D eigenvalue weighted by atomic mass is 28.4. The second-order valence-electron chi connectivity index (χ2n) is 8.12. The molecule has 1 aromatic rings. The summed E-state index contributed by atoms with van der Waals surface area (Å²) in [6, 6.07) is 0. The normalized spacial score (nSPS) is 12.6. The molecule has 0 amide bonds. The van der Waals surface area contributed by atoms with Gasteiger partial charge in [0.25, 0.3) is 0 Å². The topological polar surface area (TPSA) is 27.7 Å². The Bertz CT molecular complexity index is 628. The summed E-state index contributed by atoms with van der Waals surface area (Å²) in [6.07, 6.45) is 4.51. The summed E-state index contributed by atoms with van der Waals surface area (Å²) in [5.41, 5.74) is -0.421. The van der Waals surface area contributed by atoms with Crippen molar-refractivity contribution in [1.82, 2.24) is 0 Å². The molecule has 0 fully saturated rings. The molecule has 0 heterocycles. The van der Waals surface area contributed by atoms with Gasteiger partial charge in [0.15, 0.2) is 11.6 Å². The third-order valence-electron chi connectivity index (χ3n) is 6.35. The fourth-order valence-corrected chi connectivity index (χ4v) is 6.53. The summed E-state index contributed by atoms with van der Waals surface area (Å²) in [7, 11) is -0.711. The Morgan fingerprint density at radius 3 is 1.23 bits per heavy atom. The summed E-state index contributed by atoms with van der Waals surface area (Å²) in [5.74, 6) is -5.63. The molecule has 0 bridgehead atoms. The number of halogens is 4. The van der Waals surface area contributed by atoms with Crippen molar-refractivity contribution in [2.45, 2.75) is 78.3 Å². The van der Waals surface area contributed by atoms with Gasteiger partial charge in [-0.15, -0.1) is 5.46 Å². The van der Waals surface area contributed by atoms with E-state index in [-0.39, 0.29) is 0 Å². The quantitative estimate of drug-likeness (QED) is 0.216. The first-order valence-electron chi connectivity index (χ1n) is 11.0. The lowest BCUT2D eigenvalue weighted by molar-refractivity contribution is 0.138. The molecule has 9 heteroatoms. The first kappa shape index (κ1) is 27.1. The van der Waals surface area contributed by atoms with Crippen LogP contribution in [0.5, 0.6) is 0 Å². The fraction of sp³-hybridized carbons (Fsp3) is 0.714. The van der Waals surface area contributed by atoms with Crippen molar-refractivity contribution in [3.8, 4) is 0 Å². The molecular formula is C21H36BF4O3Si-. The number of benzene rings is 1. The van der Waals surface area contributed by atoms with Crippen LogP contribution in [0.15, 0.2) is 0 Å². The number of rotatable bonds is 14. The van der Waals surface area contributed by atoms with Crippen LogP contribution in [0, 0.1) is 23.3 Å². The maximum atomic E-state index is 15.5. The molecular weight excluding hydrogens is 415 g/mol. The molecule has 0 aliphatic heterocycles. The Morgan fingerprint density at radius 2 is 0.967 bits per heavy atom. The fourth-order valence-electron chi connectivity index (χ4n) is 4.66. The smallest absolute Gasteiger partial charge is 0.373 e. The van der Waals surface area contributed by atoms with Crippen molar-refractivity contribution in [1.29, 1.82) is 0 Å². The number of hydrogen-bond donors (Lipinski definition) is 0. The highest BCUT2D eigenvalue weighted by molar-refractivity contribution is 6.92. The maximum absolute atomic E-state index is 15.5. The first-order chi connectivity index (χ1) is 14.3. The van der Waals surface area contributed by atoms with Crippen LogP contribution in [0.3, 0.4) is 0 Å². The van der Waals surface area contributed by atoms with Gasteiger partial charge in [0.05, 0.1) is 5.19 Å². The lowest BCUT2D eigenvalue weighted by atomic mass is 9.16. The molecule has 0 atom stereocenters. The Balaban J connectivity index is 3.85. The molecule has 3 nitrogen and oxygen atoms in total. The van der Waals surface area contributed by atoms with Gasteiger partial charge in [0.1, 0.15) is 11.6 Å². The van der Waals surface area contributed by atoms with Crippen LogP contribution in [0.4, 0.5) is 17.6 Å². The zero-order valence-corrected chi connectivity index (χ0v) is 20.2. The van der Waals surface area contributed by atoms with Crippen molar-refractivity contribution in [2.24, 2.45) is 0 Å². The summed E-state index contributed by atoms with van der Waals surface area (Å²) >= 11 is 0. The Morgan fingerprint density at radius 1 is 0.633 bits per heavy atom. The Kier molecular flexibility index (Phi) is 11.1. The minimum absolute atomic E-state index is 0.421. The summed E-state index contributed by atoms with van der Waals surface area (Å²) in [4.78, 5) is 0. The summed E-state index contributed by atoms with van der Waals surface area (Å²) < 4.78 is 76.9. The minimum atomic E-state index is -4.13. The van der Waals surface area contributed by atoms with Crippen LogP contribution < -0.4 is 10.6 Å². The second kappa shape index (κ2) is 12.2. The minimum Gasteiger partial charge on any atom is -0.373 e. The zero-order chi connectivity index (χ0) is 22.9. The third-order valence-corrected chi connectivity index (χ3v) is 9.02. The predicted octanol–water partition coefficient (Wildman–Crippen LogP) is 5.38. The van der Waals surface area contributed by atoms with Gasteiger partial charge in [0, 0.05) is 27.5 Å². The molecule has 0 unspecified atom stereocenters. The maximum Gasteiger partial charge on any atom is 0.542 e. The molecule has 174 valence electrons. The third kappa shape index (κ3) is 5.29. The van der Waals surface area contributed by atoms with E-state index in [1.807, 2.05) is 20.8 Å². The lowest BCUT2D eigenvalue weighted by Crippen LogP contribution is -2.61. The van der Waals surface area contributed by atoms with Crippen LogP contribution in [0.1, 0.15) is 59.3 Å². The molecule has 0 aromatic heterocycles. The average Bonchev–Trinajstić information content (AvgIpc) is 2.76. The van der Waals surface area contributed by atoms with Crippen molar-refractivity contribution in [3.63, 3.8) is 0 Å². The van der Waals surface area contributed by atoms with Gasteiger partial charge < -0.3 is 13.3 Å². The standard InChI is InChI=1S/C21H36BF4O3Si/c1-7-10-13-22(14-11-8-2,15-12-9-3)16-17(23)19(25)21(20(26)18(16)24)30(27-4,28-5)29-6/h7-15H2,1-6H3/q-1. The molecule has 0 radical (unpaired) electrons. The van der Waals surface area contributed by atoms with Crippen LogP contribution in [0.2, 0.25) is 19.0 Å². The lowest BCUT2D eigenvalue weighted by Gasteiger charge is -2.42. The van der Waals surface area contributed by atoms with E-state index < -0.39 is 48.9 Å². The highest BCUT2D eigenvalue weighted by Crippen LogP contribution is 2.31. The van der Waals surface area contributed by atoms with E-state index in [1.165, 1.54) is 0 Å². The molecule has 0 saturated carbocycles. The van der Waals surface area contributed by atoms with Gasteiger partial charge in [-0.2, -0.15) is 19.0 Å². The molecule has 0 spiro atoms. The molecule has 0 aliphatic rings. The van der Waals surface area contributed by atoms with E-state index in [9.17, 15) is 0 Å². The van der Waals surface area contributed by atoms with Gasteiger partial charge in [-0.3, -0.25) is 0 Å². The van der Waals surface area contributed by atoms with E-state index in [0.717, 1.165) is 59.9 Å². The summed E-state index contributed by atoms with van der Waals surface area (Å²) in [5, 5.41) is -0.917. The van der Waals surface area contributed by atoms with E-state index in [4.69, 9.17) is 13.3 Å². The van der Waals surface area contributed by atoms with Crippen molar-refractivity contribution in [3.05, 3.63) is 23.3 Å². The van der Waals surface area contributed by atoms with Crippen molar-refractivity contribution >= 4 is 25.6 Å². The van der Waals surface area contributed by atoms with E-state index in [1.54, 1.807) is 0 Å². The predicted molar refractivity (Wildman–Crippen MR) is 117 cm³/mol. The van der Waals surface area contributed by atoms with Crippen LogP contribution in [0.25, 0.3) is 0 Å². The second-order valence-corrected chi connectivity index (χ2v) is 11.0. The van der Waals surface area contributed by atoms with E-state index in [0.29, 0.717) is 19.0 Å². The Hall–Kier alpha value is -0.898. The SMILES string of the molecule is CCCC[B-](CCCC)(CCCC)c1c(F)c(F)c([Si](OC)(OC)OC)c(F)c1F. The van der Waals surface area contributed by atoms with Crippen LogP contribution in [-0.4, -0.2) is 36.3 Å². The summed E-state index contributed by atoms with van der Waals surface area (Å²) in [6.45, 7) is 5.98. The van der Waals surface area contributed by atoms with E-state index in [2.05, 4.69) is 0 Å². The zero-order valence-electron chi connectivity index (χ0n) is 19.2. The van der Waals surface area contributed by atoms with E-state index >= 15 is 17.6 Å². The van der Waals surface area contributed by atoms with Gasteiger partial charge in [-0.25, -0.2) is 17.6 Å². The Labute approximate surface area is 179 Å². The van der Waals surface area contributed by atoms with Gasteiger partial charge in [-0.1, -0.05) is 59.3 Å². The molecule has 0 N–H and O–H groups in total. The van der Waals surface area contributed by atoms with Crippen molar-refractivity contribution in [2.75, 3.05) is 21.3 Å². The first-order valence-corrected chi connectivity index (χ1v) is 12.7. The van der Waals surface area contributed by atoms with Gasteiger partial charge in [0.2, 0.25) is 0 Å². The number of unbranched alkanes of at least 4 members (excludes halogenated alkanes) is 3. The molecule has 0 saturated heterocycles. The monoisotopic (exact) mass is 451 g/mol. The largest absolute Gasteiger partial charge is 0.542 e. The highest BCUT2D eigenvalue weighted by Gasteiger charge is 2.49. The average molecular weight is 451 g/mol. The van der Waals surface area contributed by atoms with Gasteiger partial charge >= 0.3 is 8.80 Å². The molecule has 0 aliphatic carbocycles. The molecule has 1 rings (SSSR count). The van der Waals surface area contributed by atoms with Crippen LogP contribution >= 0.6 is 0 Å². The number of hydrogen-bond acceptors (Lipinski definition) is 3. The van der Waals surface area contributed by atoms with Gasteiger partial charge in [-0.05, 0) is 0 Å². The van der Waals surface area contributed by atoms with Crippen LogP contribution in [-0.2, 0) is 13.3 Å². The molecule has 30 heavy (non-hydrogen) atoms. The van der Waals surface area contributed by atoms with Crippen molar-refractivity contribution < 1.29 is 30.8 Å². The molecule has 1 aromatic carbocycles.